The summed E-state index contributed by atoms with van der Waals surface area (Å²) in [7, 11) is 0. The molecule has 0 aliphatic heterocycles. The summed E-state index contributed by atoms with van der Waals surface area (Å²) in [6.45, 7) is 0. The molecule has 0 saturated heterocycles. The van der Waals surface area contributed by atoms with Gasteiger partial charge in [-0.15, -0.1) is 0 Å². The second-order valence-corrected chi connectivity index (χ2v) is 4.39. The number of nitrogens with two attached hydrogens (primary N) is 1. The zero-order chi connectivity index (χ0) is 9.42. The van der Waals surface area contributed by atoms with Crippen LogP contribution in [0.1, 0.15) is 23.6 Å². The summed E-state index contributed by atoms with van der Waals surface area (Å²) in [6, 6.07) is 5.87. The number of aliphatic hydroxyl groups is 1. The highest BCUT2D eigenvalue weighted by Crippen LogP contribution is 2.30. The predicted molar refractivity (Wildman–Crippen MR) is 55.4 cm³/mol. The molecule has 0 radical (unpaired) electrons. The maximum absolute atomic E-state index is 9.58. The summed E-state index contributed by atoms with van der Waals surface area (Å²) in [6.07, 6.45) is 1.31. The van der Waals surface area contributed by atoms with Crippen molar-refractivity contribution in [1.82, 2.24) is 0 Å². The molecule has 0 amide bonds. The molecule has 2 nitrogen and oxygen atoms in total. The fourth-order valence-corrected chi connectivity index (χ4v) is 2.17. The topological polar surface area (TPSA) is 46.2 Å². The average molecular weight is 242 g/mol. The number of rotatable bonds is 0. The Labute approximate surface area is 85.9 Å². The van der Waals surface area contributed by atoms with E-state index in [4.69, 9.17) is 5.73 Å². The highest BCUT2D eigenvalue weighted by atomic mass is 79.9. The molecule has 0 fully saturated rings. The second-order valence-electron chi connectivity index (χ2n) is 3.47. The van der Waals surface area contributed by atoms with E-state index >= 15 is 0 Å². The van der Waals surface area contributed by atoms with Gasteiger partial charge in [-0.05, 0) is 36.1 Å². The molecular weight excluding hydrogens is 230 g/mol. The summed E-state index contributed by atoms with van der Waals surface area (Å²) in [5, 5.41) is 9.58. The molecule has 1 aliphatic carbocycles. The van der Waals surface area contributed by atoms with Gasteiger partial charge in [0, 0.05) is 4.47 Å². The minimum Gasteiger partial charge on any atom is -0.391 e. The van der Waals surface area contributed by atoms with E-state index in [1.54, 1.807) is 0 Å². The Morgan fingerprint density at radius 1 is 1.46 bits per heavy atom. The Bertz CT molecular complexity index is 327. The summed E-state index contributed by atoms with van der Waals surface area (Å²) in [5.74, 6) is 0. The van der Waals surface area contributed by atoms with E-state index in [1.165, 1.54) is 5.56 Å². The normalized spacial score (nSPS) is 27.0. The smallest absolute Gasteiger partial charge is 0.0736 e. The molecule has 70 valence electrons. The quantitative estimate of drug-likeness (QED) is 0.728. The number of benzene rings is 1. The molecule has 3 N–H and O–H groups in total. The lowest BCUT2D eigenvalue weighted by Crippen LogP contribution is -2.31. The second kappa shape index (κ2) is 3.40. The van der Waals surface area contributed by atoms with E-state index in [9.17, 15) is 5.11 Å². The van der Waals surface area contributed by atoms with Crippen molar-refractivity contribution >= 4 is 15.9 Å². The number of hydrogen-bond acceptors (Lipinski definition) is 2. The molecule has 3 heteroatoms. The van der Waals surface area contributed by atoms with E-state index in [-0.39, 0.29) is 12.1 Å². The molecule has 13 heavy (non-hydrogen) atoms. The number of aryl methyl sites for hydroxylation is 1. The van der Waals surface area contributed by atoms with Gasteiger partial charge in [0.15, 0.2) is 0 Å². The first-order valence-corrected chi connectivity index (χ1v) is 5.20. The Kier molecular flexibility index (Phi) is 2.41. The van der Waals surface area contributed by atoms with Crippen LogP contribution in [-0.2, 0) is 6.42 Å². The van der Waals surface area contributed by atoms with Gasteiger partial charge in [-0.2, -0.15) is 0 Å². The Morgan fingerprint density at radius 2 is 2.23 bits per heavy atom. The van der Waals surface area contributed by atoms with Crippen molar-refractivity contribution in [3.05, 3.63) is 33.8 Å². The lowest BCUT2D eigenvalue weighted by atomic mass is 9.86. The van der Waals surface area contributed by atoms with Gasteiger partial charge in [0.2, 0.25) is 0 Å². The Morgan fingerprint density at radius 3 is 3.00 bits per heavy atom. The third-order valence-corrected chi connectivity index (χ3v) is 3.08. The van der Waals surface area contributed by atoms with Crippen LogP contribution in [0, 0.1) is 0 Å². The van der Waals surface area contributed by atoms with E-state index in [0.717, 1.165) is 22.9 Å². The maximum atomic E-state index is 9.58. The van der Waals surface area contributed by atoms with Gasteiger partial charge in [0.05, 0.1) is 12.1 Å². The van der Waals surface area contributed by atoms with Gasteiger partial charge < -0.3 is 10.8 Å². The van der Waals surface area contributed by atoms with Crippen LogP contribution in [0.5, 0.6) is 0 Å². The summed E-state index contributed by atoms with van der Waals surface area (Å²) in [5.41, 5.74) is 8.23. The number of fused-ring (bicyclic) bond motifs is 1. The fourth-order valence-electron chi connectivity index (χ4n) is 1.79. The van der Waals surface area contributed by atoms with Crippen LogP contribution < -0.4 is 5.73 Å². The van der Waals surface area contributed by atoms with Gasteiger partial charge in [-0.3, -0.25) is 0 Å². The van der Waals surface area contributed by atoms with Crippen LogP contribution >= 0.6 is 15.9 Å². The number of aliphatic hydroxyl groups excluding tert-OH is 1. The number of halogens is 1. The van der Waals surface area contributed by atoms with Gasteiger partial charge in [0.1, 0.15) is 0 Å². The summed E-state index contributed by atoms with van der Waals surface area (Å²) in [4.78, 5) is 0. The first-order valence-electron chi connectivity index (χ1n) is 4.40. The van der Waals surface area contributed by atoms with Gasteiger partial charge >= 0.3 is 0 Å². The van der Waals surface area contributed by atoms with Gasteiger partial charge in [-0.25, -0.2) is 0 Å². The van der Waals surface area contributed by atoms with Crippen LogP contribution in [0.3, 0.4) is 0 Å². The highest BCUT2D eigenvalue weighted by molar-refractivity contribution is 9.10. The Balaban J connectivity index is 2.45. The molecule has 1 aliphatic rings. The third kappa shape index (κ3) is 1.64. The Hall–Kier alpha value is -0.380. The minimum absolute atomic E-state index is 0.221. The molecule has 2 atom stereocenters. The van der Waals surface area contributed by atoms with E-state index in [2.05, 4.69) is 22.0 Å². The van der Waals surface area contributed by atoms with Crippen molar-refractivity contribution in [2.45, 2.75) is 25.0 Å². The molecule has 2 rings (SSSR count). The largest absolute Gasteiger partial charge is 0.391 e. The van der Waals surface area contributed by atoms with E-state index in [1.807, 2.05) is 12.1 Å². The van der Waals surface area contributed by atoms with E-state index in [0.29, 0.717) is 0 Å². The fraction of sp³-hybridized carbons (Fsp3) is 0.400. The van der Waals surface area contributed by atoms with Crippen molar-refractivity contribution in [1.29, 1.82) is 0 Å². The predicted octanol–water partition coefficient (Wildman–Crippen LogP) is 1.76. The lowest BCUT2D eigenvalue weighted by molar-refractivity contribution is 0.128. The zero-order valence-electron chi connectivity index (χ0n) is 7.20. The van der Waals surface area contributed by atoms with Crippen LogP contribution in [0.15, 0.2) is 22.7 Å². The first kappa shape index (κ1) is 9.19. The lowest BCUT2D eigenvalue weighted by Gasteiger charge is -2.27. The standard InChI is InChI=1S/C10H12BrNO/c11-7-3-1-6-2-4-9(13)10(12)8(6)5-7/h1,3,5,9-10,13H,2,4,12H2/t9-,10-/m1/s1. The first-order chi connectivity index (χ1) is 6.18. The third-order valence-electron chi connectivity index (χ3n) is 2.59. The van der Waals surface area contributed by atoms with Crippen molar-refractivity contribution in [2.24, 2.45) is 5.73 Å². The highest BCUT2D eigenvalue weighted by Gasteiger charge is 2.24. The number of hydrogen-bond donors (Lipinski definition) is 2. The monoisotopic (exact) mass is 241 g/mol. The van der Waals surface area contributed by atoms with Crippen LogP contribution in [0.4, 0.5) is 0 Å². The molecule has 0 bridgehead atoms. The van der Waals surface area contributed by atoms with Crippen LogP contribution in [0.2, 0.25) is 0 Å². The average Bonchev–Trinajstić information content (AvgIpc) is 2.12. The van der Waals surface area contributed by atoms with Crippen molar-refractivity contribution in [3.63, 3.8) is 0 Å². The van der Waals surface area contributed by atoms with Crippen LogP contribution in [-0.4, -0.2) is 11.2 Å². The maximum Gasteiger partial charge on any atom is 0.0736 e. The minimum atomic E-state index is -0.387. The SMILES string of the molecule is N[C@@H]1c2cc(Br)ccc2CC[C@H]1O. The van der Waals surface area contributed by atoms with Crippen molar-refractivity contribution in [2.75, 3.05) is 0 Å². The van der Waals surface area contributed by atoms with Crippen molar-refractivity contribution < 1.29 is 5.11 Å². The molecule has 0 aromatic heterocycles. The van der Waals surface area contributed by atoms with E-state index < -0.39 is 0 Å². The molecule has 1 aromatic rings. The zero-order valence-corrected chi connectivity index (χ0v) is 8.79. The molecule has 0 unspecified atom stereocenters. The van der Waals surface area contributed by atoms with Gasteiger partial charge in [0.25, 0.3) is 0 Å². The molecule has 0 heterocycles. The molecule has 0 saturated carbocycles. The molecular formula is C10H12BrNO. The van der Waals surface area contributed by atoms with Gasteiger partial charge in [-0.1, -0.05) is 22.0 Å². The van der Waals surface area contributed by atoms with Crippen LogP contribution in [0.25, 0.3) is 0 Å². The summed E-state index contributed by atoms with van der Waals surface area (Å²) >= 11 is 3.40. The summed E-state index contributed by atoms with van der Waals surface area (Å²) < 4.78 is 1.02. The van der Waals surface area contributed by atoms with Crippen molar-refractivity contribution in [3.8, 4) is 0 Å². The molecule has 0 spiro atoms. The molecule has 1 aromatic carbocycles.